The summed E-state index contributed by atoms with van der Waals surface area (Å²) < 4.78 is 0. The molecule has 0 bridgehead atoms. The van der Waals surface area contributed by atoms with Gasteiger partial charge in [0.2, 0.25) is 0 Å². The van der Waals surface area contributed by atoms with Gasteiger partial charge in [-0.3, -0.25) is 0 Å². The summed E-state index contributed by atoms with van der Waals surface area (Å²) in [5, 5.41) is 12.2. The summed E-state index contributed by atoms with van der Waals surface area (Å²) in [5.41, 5.74) is -0.431. The minimum atomic E-state index is -0.431. The smallest absolute Gasteiger partial charge is 0.0892 e. The van der Waals surface area contributed by atoms with E-state index in [-0.39, 0.29) is 6.04 Å². The van der Waals surface area contributed by atoms with Crippen LogP contribution in [0.2, 0.25) is 0 Å². The fourth-order valence-electron chi connectivity index (χ4n) is 0.602. The van der Waals surface area contributed by atoms with E-state index in [2.05, 4.69) is 5.32 Å². The largest absolute Gasteiger partial charge is 0.387 e. The van der Waals surface area contributed by atoms with Crippen LogP contribution in [0, 0.1) is 0 Å². The molecule has 2 nitrogen and oxygen atoms in total. The minimum absolute atomic E-state index is 0.285. The SMILES string of the molecule is C[C@H]1NC[C@@]1(C)O. The molecule has 0 aromatic carbocycles. The lowest BCUT2D eigenvalue weighted by atomic mass is 9.90. The molecular formula is C5H11NO. The van der Waals surface area contributed by atoms with Crippen LogP contribution in [0.1, 0.15) is 13.8 Å². The highest BCUT2D eigenvalue weighted by molar-refractivity contribution is 4.96. The van der Waals surface area contributed by atoms with Gasteiger partial charge in [0.05, 0.1) is 5.60 Å². The van der Waals surface area contributed by atoms with Gasteiger partial charge in [-0.25, -0.2) is 0 Å². The van der Waals surface area contributed by atoms with Gasteiger partial charge in [-0.1, -0.05) is 0 Å². The second-order valence-corrected chi connectivity index (χ2v) is 2.46. The average molecular weight is 101 g/mol. The molecule has 0 aromatic rings. The number of hydrogen-bond acceptors (Lipinski definition) is 2. The van der Waals surface area contributed by atoms with E-state index in [0.717, 1.165) is 6.54 Å². The van der Waals surface area contributed by atoms with Crippen LogP contribution in [0.25, 0.3) is 0 Å². The van der Waals surface area contributed by atoms with Gasteiger partial charge in [-0.15, -0.1) is 0 Å². The standard InChI is InChI=1S/C5H11NO/c1-4-5(2,7)3-6-4/h4,6-7H,3H2,1-2H3/t4-,5-/m1/s1. The van der Waals surface area contributed by atoms with E-state index in [9.17, 15) is 0 Å². The molecule has 0 aliphatic carbocycles. The van der Waals surface area contributed by atoms with E-state index in [1.54, 1.807) is 0 Å². The molecule has 1 aliphatic heterocycles. The van der Waals surface area contributed by atoms with Crippen LogP contribution in [0.15, 0.2) is 0 Å². The first-order chi connectivity index (χ1) is 3.13. The van der Waals surface area contributed by atoms with Crippen LogP contribution in [0.4, 0.5) is 0 Å². The molecule has 1 heterocycles. The third-order valence-electron chi connectivity index (χ3n) is 1.70. The Balaban J connectivity index is 2.43. The molecule has 1 rings (SSSR count). The van der Waals surface area contributed by atoms with E-state index in [1.165, 1.54) is 0 Å². The molecule has 0 spiro atoms. The molecule has 0 unspecified atom stereocenters. The predicted molar refractivity (Wildman–Crippen MR) is 28.1 cm³/mol. The van der Waals surface area contributed by atoms with E-state index >= 15 is 0 Å². The van der Waals surface area contributed by atoms with E-state index in [0.29, 0.717) is 0 Å². The second kappa shape index (κ2) is 1.20. The first kappa shape index (κ1) is 5.06. The quantitative estimate of drug-likeness (QED) is 0.440. The Morgan fingerprint density at radius 3 is 2.29 bits per heavy atom. The number of hydrogen-bond donors (Lipinski definition) is 2. The molecule has 2 heteroatoms. The highest BCUT2D eigenvalue weighted by Crippen LogP contribution is 2.16. The number of β-amino-alcohol motifs (C(OH)–C–C–N with tert-alkyl or cyclic N) is 1. The van der Waals surface area contributed by atoms with Crippen LogP contribution < -0.4 is 5.32 Å². The lowest BCUT2D eigenvalue weighted by Gasteiger charge is -2.41. The normalized spacial score (nSPS) is 51.0. The van der Waals surface area contributed by atoms with Gasteiger partial charge >= 0.3 is 0 Å². The number of nitrogens with one attached hydrogen (secondary N) is 1. The summed E-state index contributed by atoms with van der Waals surface area (Å²) in [6, 6.07) is 0.285. The molecule has 2 atom stereocenters. The Hall–Kier alpha value is -0.0800. The molecule has 0 aromatic heterocycles. The molecule has 0 radical (unpaired) electrons. The molecule has 7 heavy (non-hydrogen) atoms. The Morgan fingerprint density at radius 1 is 1.86 bits per heavy atom. The first-order valence-electron chi connectivity index (χ1n) is 2.59. The molecule has 1 saturated heterocycles. The predicted octanol–water partition coefficient (Wildman–Crippen LogP) is -0.271. The topological polar surface area (TPSA) is 32.3 Å². The molecular weight excluding hydrogens is 90.1 g/mol. The molecule has 42 valence electrons. The maximum atomic E-state index is 9.12. The van der Waals surface area contributed by atoms with E-state index in [4.69, 9.17) is 5.11 Å². The summed E-state index contributed by atoms with van der Waals surface area (Å²) in [4.78, 5) is 0. The van der Waals surface area contributed by atoms with Gasteiger partial charge in [0, 0.05) is 12.6 Å². The summed E-state index contributed by atoms with van der Waals surface area (Å²) in [6.07, 6.45) is 0. The van der Waals surface area contributed by atoms with Gasteiger partial charge < -0.3 is 10.4 Å². The van der Waals surface area contributed by atoms with Crippen molar-refractivity contribution in [2.45, 2.75) is 25.5 Å². The molecule has 0 amide bonds. The minimum Gasteiger partial charge on any atom is -0.387 e. The van der Waals surface area contributed by atoms with Crippen molar-refractivity contribution in [3.8, 4) is 0 Å². The zero-order valence-electron chi connectivity index (χ0n) is 4.73. The molecule has 1 fully saturated rings. The van der Waals surface area contributed by atoms with E-state index in [1.807, 2.05) is 13.8 Å². The third-order valence-corrected chi connectivity index (χ3v) is 1.70. The van der Waals surface area contributed by atoms with Gasteiger partial charge in [0.25, 0.3) is 0 Å². The van der Waals surface area contributed by atoms with Gasteiger partial charge in [-0.05, 0) is 13.8 Å². The van der Waals surface area contributed by atoms with Crippen molar-refractivity contribution in [2.75, 3.05) is 6.54 Å². The molecule has 2 N–H and O–H groups in total. The van der Waals surface area contributed by atoms with Crippen molar-refractivity contribution in [1.82, 2.24) is 5.32 Å². The van der Waals surface area contributed by atoms with Crippen molar-refractivity contribution < 1.29 is 5.11 Å². The van der Waals surface area contributed by atoms with E-state index < -0.39 is 5.60 Å². The Labute approximate surface area is 43.5 Å². The fraction of sp³-hybridized carbons (Fsp3) is 1.00. The van der Waals surface area contributed by atoms with Gasteiger partial charge in [-0.2, -0.15) is 0 Å². The summed E-state index contributed by atoms with van der Waals surface area (Å²) >= 11 is 0. The van der Waals surface area contributed by atoms with Crippen molar-refractivity contribution in [1.29, 1.82) is 0 Å². The summed E-state index contributed by atoms with van der Waals surface area (Å²) in [6.45, 7) is 4.56. The van der Waals surface area contributed by atoms with Crippen molar-refractivity contribution in [3.05, 3.63) is 0 Å². The number of aliphatic hydroxyl groups is 1. The molecule has 1 aliphatic rings. The maximum Gasteiger partial charge on any atom is 0.0892 e. The van der Waals surface area contributed by atoms with Crippen LogP contribution in [0.3, 0.4) is 0 Å². The average Bonchev–Trinajstić information content (AvgIpc) is 1.63. The lowest BCUT2D eigenvalue weighted by Crippen LogP contribution is -2.64. The Morgan fingerprint density at radius 2 is 2.29 bits per heavy atom. The van der Waals surface area contributed by atoms with Crippen molar-refractivity contribution >= 4 is 0 Å². The third kappa shape index (κ3) is 0.640. The molecule has 0 saturated carbocycles. The van der Waals surface area contributed by atoms with Crippen molar-refractivity contribution in [2.24, 2.45) is 0 Å². The maximum absolute atomic E-state index is 9.12. The van der Waals surface area contributed by atoms with Crippen LogP contribution in [-0.4, -0.2) is 23.3 Å². The highest BCUT2D eigenvalue weighted by Gasteiger charge is 2.36. The highest BCUT2D eigenvalue weighted by atomic mass is 16.3. The lowest BCUT2D eigenvalue weighted by molar-refractivity contribution is -0.0335. The number of rotatable bonds is 0. The monoisotopic (exact) mass is 101 g/mol. The zero-order chi connectivity index (χ0) is 5.49. The Kier molecular flexibility index (Phi) is 0.869. The van der Waals surface area contributed by atoms with Crippen LogP contribution >= 0.6 is 0 Å². The van der Waals surface area contributed by atoms with Crippen LogP contribution in [0.5, 0.6) is 0 Å². The zero-order valence-corrected chi connectivity index (χ0v) is 4.73. The Bertz CT molecular complexity index is 80.1. The first-order valence-corrected chi connectivity index (χ1v) is 2.59. The summed E-state index contributed by atoms with van der Waals surface area (Å²) in [7, 11) is 0. The fourth-order valence-corrected chi connectivity index (χ4v) is 0.602. The van der Waals surface area contributed by atoms with Crippen LogP contribution in [-0.2, 0) is 0 Å². The van der Waals surface area contributed by atoms with Gasteiger partial charge in [0.1, 0.15) is 0 Å². The van der Waals surface area contributed by atoms with Crippen molar-refractivity contribution in [3.63, 3.8) is 0 Å². The summed E-state index contributed by atoms with van der Waals surface area (Å²) in [5.74, 6) is 0. The van der Waals surface area contributed by atoms with Gasteiger partial charge in [0.15, 0.2) is 0 Å². The second-order valence-electron chi connectivity index (χ2n) is 2.46.